The van der Waals surface area contributed by atoms with Crippen LogP contribution in [0.1, 0.15) is 23.3 Å². The van der Waals surface area contributed by atoms with Gasteiger partial charge in [-0.25, -0.2) is 5.43 Å². The predicted molar refractivity (Wildman–Crippen MR) is 70.6 cm³/mol. The van der Waals surface area contributed by atoms with Crippen LogP contribution in [0.15, 0.2) is 47.2 Å². The Balaban J connectivity index is 2.28. The summed E-state index contributed by atoms with van der Waals surface area (Å²) in [6, 6.07) is 12.1. The van der Waals surface area contributed by atoms with Gasteiger partial charge in [-0.05, 0) is 28.0 Å². The van der Waals surface area contributed by atoms with E-state index in [1.165, 1.54) is 0 Å². The smallest absolute Gasteiger partial charge is 0.103 e. The molecule has 0 aliphatic rings. The van der Waals surface area contributed by atoms with Crippen LogP contribution in [0.25, 0.3) is 0 Å². The number of hydrogen-bond donors (Lipinski definition) is 2. The largest absolute Gasteiger partial charge is 0.375 e. The topological polar surface area (TPSA) is 47.3 Å². The molecule has 0 bridgehead atoms. The molecule has 2 unspecified atom stereocenters. The van der Waals surface area contributed by atoms with E-state index in [4.69, 9.17) is 10.6 Å². The number of benzene rings is 1. The minimum atomic E-state index is -0.0872. The molecule has 0 aliphatic carbocycles. The van der Waals surface area contributed by atoms with E-state index < -0.39 is 0 Å². The molecule has 4 heteroatoms. The van der Waals surface area contributed by atoms with Crippen molar-refractivity contribution in [3.05, 3.63) is 58.3 Å². The number of rotatable bonds is 5. The average Bonchev–Trinajstić information content (AvgIpc) is 2.90. The molecule has 0 spiro atoms. The molecule has 2 rings (SSSR count). The van der Waals surface area contributed by atoms with Gasteiger partial charge >= 0.3 is 0 Å². The first-order valence-electron chi connectivity index (χ1n) is 5.42. The number of thiophene rings is 1. The maximum absolute atomic E-state index is 5.65. The van der Waals surface area contributed by atoms with Crippen LogP contribution in [0, 0.1) is 0 Å². The Hall–Kier alpha value is -1.20. The van der Waals surface area contributed by atoms with Gasteiger partial charge in [-0.15, -0.1) is 0 Å². The summed E-state index contributed by atoms with van der Waals surface area (Å²) in [4.78, 5) is 0. The highest BCUT2D eigenvalue weighted by molar-refractivity contribution is 7.07. The van der Waals surface area contributed by atoms with Crippen LogP contribution in [0.2, 0.25) is 0 Å². The summed E-state index contributed by atoms with van der Waals surface area (Å²) >= 11 is 1.66. The fourth-order valence-electron chi connectivity index (χ4n) is 1.92. The quantitative estimate of drug-likeness (QED) is 0.631. The Kier molecular flexibility index (Phi) is 4.28. The highest BCUT2D eigenvalue weighted by atomic mass is 32.1. The van der Waals surface area contributed by atoms with E-state index in [0.29, 0.717) is 0 Å². The molecular weight excluding hydrogens is 232 g/mol. The minimum Gasteiger partial charge on any atom is -0.375 e. The van der Waals surface area contributed by atoms with Crippen LogP contribution in [-0.4, -0.2) is 7.11 Å². The van der Waals surface area contributed by atoms with Crippen molar-refractivity contribution in [3.63, 3.8) is 0 Å². The molecule has 0 saturated carbocycles. The maximum atomic E-state index is 5.65. The van der Waals surface area contributed by atoms with Crippen LogP contribution in [0.3, 0.4) is 0 Å². The van der Waals surface area contributed by atoms with Gasteiger partial charge in [-0.3, -0.25) is 5.84 Å². The monoisotopic (exact) mass is 248 g/mol. The number of hydrogen-bond acceptors (Lipinski definition) is 4. The zero-order valence-electron chi connectivity index (χ0n) is 9.67. The van der Waals surface area contributed by atoms with Gasteiger partial charge in [0.2, 0.25) is 0 Å². The fourth-order valence-corrected chi connectivity index (χ4v) is 2.61. The summed E-state index contributed by atoms with van der Waals surface area (Å²) in [5.41, 5.74) is 5.10. The van der Waals surface area contributed by atoms with Crippen molar-refractivity contribution in [2.75, 3.05) is 7.11 Å². The van der Waals surface area contributed by atoms with E-state index in [9.17, 15) is 0 Å². The average molecular weight is 248 g/mol. The molecule has 1 aromatic heterocycles. The lowest BCUT2D eigenvalue weighted by molar-refractivity contribution is 0.0677. The summed E-state index contributed by atoms with van der Waals surface area (Å²) in [6.07, 6.45) is -0.0872. The zero-order valence-corrected chi connectivity index (χ0v) is 10.5. The van der Waals surface area contributed by atoms with Gasteiger partial charge in [0.05, 0.1) is 6.04 Å². The van der Waals surface area contributed by atoms with E-state index in [0.717, 1.165) is 11.1 Å². The lowest BCUT2D eigenvalue weighted by atomic mass is 9.98. The highest BCUT2D eigenvalue weighted by Gasteiger charge is 2.23. The second kappa shape index (κ2) is 5.93. The summed E-state index contributed by atoms with van der Waals surface area (Å²) < 4.78 is 5.58. The van der Waals surface area contributed by atoms with Crippen LogP contribution in [-0.2, 0) is 4.74 Å². The standard InChI is InChI=1S/C13H16N2OS/c1-16-13(10-5-3-2-4-6-10)12(15-14)11-7-8-17-9-11/h2-9,12-13,15H,14H2,1H3. The molecule has 17 heavy (non-hydrogen) atoms. The normalized spacial score (nSPS) is 14.5. The van der Waals surface area contributed by atoms with Crippen molar-refractivity contribution in [1.29, 1.82) is 0 Å². The third kappa shape index (κ3) is 2.73. The summed E-state index contributed by atoms with van der Waals surface area (Å²) in [5, 5.41) is 4.12. The van der Waals surface area contributed by atoms with Crippen molar-refractivity contribution in [2.45, 2.75) is 12.1 Å². The molecule has 2 aromatic rings. The maximum Gasteiger partial charge on any atom is 0.103 e. The Bertz CT molecular complexity index is 430. The first-order valence-corrected chi connectivity index (χ1v) is 6.37. The van der Waals surface area contributed by atoms with Crippen molar-refractivity contribution in [3.8, 4) is 0 Å². The van der Waals surface area contributed by atoms with E-state index >= 15 is 0 Å². The number of nitrogens with one attached hydrogen (secondary N) is 1. The Morgan fingerprint density at radius 3 is 2.47 bits per heavy atom. The van der Waals surface area contributed by atoms with Gasteiger partial charge in [0.25, 0.3) is 0 Å². The minimum absolute atomic E-state index is 0.0337. The Morgan fingerprint density at radius 1 is 1.18 bits per heavy atom. The molecular formula is C13H16N2OS. The highest BCUT2D eigenvalue weighted by Crippen LogP contribution is 2.31. The first-order chi connectivity index (χ1) is 8.36. The first kappa shape index (κ1) is 12.3. The Morgan fingerprint density at radius 2 is 1.94 bits per heavy atom. The molecule has 0 radical (unpaired) electrons. The third-order valence-electron chi connectivity index (χ3n) is 2.77. The molecule has 3 nitrogen and oxygen atoms in total. The number of hydrazine groups is 1. The molecule has 2 atom stereocenters. The van der Waals surface area contributed by atoms with E-state index in [1.54, 1.807) is 18.4 Å². The molecule has 0 amide bonds. The molecule has 0 saturated heterocycles. The van der Waals surface area contributed by atoms with Crippen molar-refractivity contribution in [2.24, 2.45) is 5.84 Å². The van der Waals surface area contributed by atoms with E-state index in [1.807, 2.05) is 35.7 Å². The predicted octanol–water partition coefficient (Wildman–Crippen LogP) is 2.64. The number of methoxy groups -OCH3 is 1. The SMILES string of the molecule is COC(c1ccccc1)C(NN)c1ccsc1. The Labute approximate surface area is 105 Å². The molecule has 1 aromatic carbocycles. The van der Waals surface area contributed by atoms with Crippen molar-refractivity contribution < 1.29 is 4.74 Å². The summed E-state index contributed by atoms with van der Waals surface area (Å²) in [7, 11) is 1.70. The molecule has 1 heterocycles. The van der Waals surface area contributed by atoms with Gasteiger partial charge < -0.3 is 4.74 Å². The van der Waals surface area contributed by atoms with Gasteiger partial charge in [0, 0.05) is 7.11 Å². The van der Waals surface area contributed by atoms with Gasteiger partial charge in [0.1, 0.15) is 6.10 Å². The molecule has 90 valence electrons. The van der Waals surface area contributed by atoms with Gasteiger partial charge in [-0.1, -0.05) is 30.3 Å². The lowest BCUT2D eigenvalue weighted by Gasteiger charge is -2.25. The van der Waals surface area contributed by atoms with Crippen molar-refractivity contribution >= 4 is 11.3 Å². The number of nitrogens with two attached hydrogens (primary N) is 1. The van der Waals surface area contributed by atoms with Crippen LogP contribution < -0.4 is 11.3 Å². The molecule has 0 aliphatic heterocycles. The zero-order chi connectivity index (χ0) is 12.1. The summed E-state index contributed by atoms with van der Waals surface area (Å²) in [6.45, 7) is 0. The second-order valence-corrected chi connectivity index (χ2v) is 4.55. The molecule has 3 N–H and O–H groups in total. The van der Waals surface area contributed by atoms with Gasteiger partial charge in [-0.2, -0.15) is 11.3 Å². The van der Waals surface area contributed by atoms with E-state index in [-0.39, 0.29) is 12.1 Å². The second-order valence-electron chi connectivity index (χ2n) is 3.77. The molecule has 0 fully saturated rings. The fraction of sp³-hybridized carbons (Fsp3) is 0.231. The van der Waals surface area contributed by atoms with Crippen LogP contribution in [0.4, 0.5) is 0 Å². The van der Waals surface area contributed by atoms with Crippen LogP contribution >= 0.6 is 11.3 Å². The third-order valence-corrected chi connectivity index (χ3v) is 3.47. The van der Waals surface area contributed by atoms with Gasteiger partial charge in [0.15, 0.2) is 0 Å². The van der Waals surface area contributed by atoms with Crippen LogP contribution in [0.5, 0.6) is 0 Å². The number of ether oxygens (including phenoxy) is 1. The van der Waals surface area contributed by atoms with E-state index in [2.05, 4.69) is 16.9 Å². The lowest BCUT2D eigenvalue weighted by Crippen LogP contribution is -2.33. The summed E-state index contributed by atoms with van der Waals surface area (Å²) in [5.74, 6) is 5.65. The van der Waals surface area contributed by atoms with Crippen molar-refractivity contribution in [1.82, 2.24) is 5.43 Å².